The second-order valence-corrected chi connectivity index (χ2v) is 7.44. The zero-order valence-corrected chi connectivity index (χ0v) is 21.1. The topological polar surface area (TPSA) is 72.5 Å². The number of benzene rings is 3. The van der Waals surface area contributed by atoms with Crippen LogP contribution in [-0.2, 0) is 9.53 Å². The normalized spacial score (nSPS) is 11.2. The van der Waals surface area contributed by atoms with Crippen LogP contribution in [0.5, 0.6) is 28.7 Å². The van der Waals surface area contributed by atoms with Crippen molar-refractivity contribution in [1.82, 2.24) is 0 Å². The van der Waals surface area contributed by atoms with E-state index in [0.29, 0.717) is 28.7 Å². The molecule has 0 N–H and O–H groups in total. The van der Waals surface area contributed by atoms with Gasteiger partial charge >= 0.3 is 5.97 Å². The molecular weight excluding hydrogens is 460 g/mol. The number of esters is 1. The van der Waals surface area contributed by atoms with Crippen LogP contribution in [-0.4, -0.2) is 41.0 Å². The Kier molecular flexibility index (Phi) is 9.40. The minimum Gasteiger partial charge on any atom is -0.493 e. The summed E-state index contributed by atoms with van der Waals surface area (Å²) in [6.45, 7) is 1.97. The fourth-order valence-electron chi connectivity index (χ4n) is 3.42. The minimum absolute atomic E-state index is 0.0482. The Balaban J connectivity index is 1.95. The molecule has 0 atom stereocenters. The van der Waals surface area contributed by atoms with Crippen LogP contribution in [0.4, 0.5) is 0 Å². The molecule has 3 aromatic rings. The zero-order chi connectivity index (χ0) is 25.9. The Morgan fingerprint density at radius 1 is 0.694 bits per heavy atom. The molecule has 0 saturated carbocycles. The van der Waals surface area contributed by atoms with Gasteiger partial charge in [-0.15, -0.1) is 0 Å². The molecule has 3 aromatic carbocycles. The Hall–Kier alpha value is -4.39. The number of ether oxygens (including phenoxy) is 6. The van der Waals surface area contributed by atoms with Gasteiger partial charge in [-0.3, -0.25) is 0 Å². The molecule has 7 nitrogen and oxygen atoms in total. The summed E-state index contributed by atoms with van der Waals surface area (Å²) in [7, 11) is 6.24. The summed E-state index contributed by atoms with van der Waals surface area (Å²) in [4.78, 5) is 12.6. The van der Waals surface area contributed by atoms with E-state index in [4.69, 9.17) is 28.4 Å². The molecule has 0 saturated heterocycles. The highest BCUT2D eigenvalue weighted by Crippen LogP contribution is 2.39. The van der Waals surface area contributed by atoms with Crippen LogP contribution in [0.3, 0.4) is 0 Å². The van der Waals surface area contributed by atoms with Crippen LogP contribution in [0.2, 0.25) is 0 Å². The van der Waals surface area contributed by atoms with Crippen molar-refractivity contribution in [1.29, 1.82) is 0 Å². The lowest BCUT2D eigenvalue weighted by Gasteiger charge is -2.14. The van der Waals surface area contributed by atoms with Gasteiger partial charge in [0.05, 0.1) is 35.0 Å². The van der Waals surface area contributed by atoms with E-state index in [1.54, 1.807) is 53.6 Å². The summed E-state index contributed by atoms with van der Waals surface area (Å²) < 4.78 is 32.9. The first kappa shape index (κ1) is 26.2. The number of carbonyl (C=O) groups is 1. The van der Waals surface area contributed by atoms with E-state index in [2.05, 4.69) is 0 Å². The van der Waals surface area contributed by atoms with Crippen LogP contribution >= 0.6 is 0 Å². The monoisotopic (exact) mass is 490 g/mol. The molecule has 0 heterocycles. The molecule has 0 fully saturated rings. The third-order valence-electron chi connectivity index (χ3n) is 5.14. The average Bonchev–Trinajstić information content (AvgIpc) is 2.91. The van der Waals surface area contributed by atoms with E-state index in [9.17, 15) is 4.79 Å². The lowest BCUT2D eigenvalue weighted by Crippen LogP contribution is -2.13. The molecule has 7 heteroatoms. The third kappa shape index (κ3) is 6.60. The highest BCUT2D eigenvalue weighted by molar-refractivity contribution is 5.92. The van der Waals surface area contributed by atoms with Crippen molar-refractivity contribution in [3.63, 3.8) is 0 Å². The maximum absolute atomic E-state index is 12.6. The smallest absolute Gasteiger partial charge is 0.374 e. The minimum atomic E-state index is -0.568. The van der Waals surface area contributed by atoms with Gasteiger partial charge < -0.3 is 28.4 Å². The summed E-state index contributed by atoms with van der Waals surface area (Å²) in [5.41, 5.74) is 2.47. The highest BCUT2D eigenvalue weighted by atomic mass is 16.6. The molecule has 188 valence electrons. The number of hydrogen-bond donors (Lipinski definition) is 0. The molecular formula is C29H30O7. The van der Waals surface area contributed by atoms with Crippen molar-refractivity contribution < 1.29 is 33.2 Å². The second kappa shape index (κ2) is 12.9. The molecule has 0 radical (unpaired) electrons. The molecule has 0 bridgehead atoms. The maximum atomic E-state index is 12.6. The van der Waals surface area contributed by atoms with Crippen molar-refractivity contribution >= 4 is 24.2 Å². The predicted octanol–water partition coefficient (Wildman–Crippen LogP) is 5.87. The van der Waals surface area contributed by atoms with Gasteiger partial charge in [0, 0.05) is 0 Å². The number of methoxy groups -OCH3 is 4. The molecule has 0 unspecified atom stereocenters. The second-order valence-electron chi connectivity index (χ2n) is 7.44. The van der Waals surface area contributed by atoms with Crippen LogP contribution < -0.4 is 23.7 Å². The molecule has 0 aliphatic rings. The molecule has 36 heavy (non-hydrogen) atoms. The van der Waals surface area contributed by atoms with Crippen molar-refractivity contribution in [2.24, 2.45) is 0 Å². The van der Waals surface area contributed by atoms with E-state index >= 15 is 0 Å². The number of carbonyl (C=O) groups excluding carboxylic acids is 1. The van der Waals surface area contributed by atoms with Gasteiger partial charge in [-0.05, 0) is 54.0 Å². The standard InChI is InChI=1S/C29H30O7/c1-6-35-29(30)27(17-20-10-8-7-9-11-20)36-24-16-21(14-15-23(24)31-2)12-13-22-18-25(32-3)28(34-5)26(19-22)33-4/h7-19H,6H2,1-5H3/b13-12-,27-17?. The Labute approximate surface area is 211 Å². The van der Waals surface area contributed by atoms with E-state index < -0.39 is 5.97 Å². The van der Waals surface area contributed by atoms with Gasteiger partial charge in [-0.25, -0.2) is 4.79 Å². The lowest BCUT2D eigenvalue weighted by molar-refractivity contribution is -0.140. The Morgan fingerprint density at radius 3 is 1.89 bits per heavy atom. The average molecular weight is 491 g/mol. The number of rotatable bonds is 11. The van der Waals surface area contributed by atoms with Crippen LogP contribution in [0.25, 0.3) is 18.2 Å². The first-order chi connectivity index (χ1) is 17.5. The van der Waals surface area contributed by atoms with Crippen molar-refractivity contribution in [3.05, 3.63) is 83.1 Å². The predicted molar refractivity (Wildman–Crippen MR) is 140 cm³/mol. The fourth-order valence-corrected chi connectivity index (χ4v) is 3.42. The third-order valence-corrected chi connectivity index (χ3v) is 5.14. The van der Waals surface area contributed by atoms with Crippen LogP contribution in [0.1, 0.15) is 23.6 Å². The van der Waals surface area contributed by atoms with Crippen molar-refractivity contribution in [3.8, 4) is 28.7 Å². The summed E-state index contributed by atoms with van der Waals surface area (Å²) in [6, 6.07) is 18.5. The fraction of sp³-hybridized carbons (Fsp3) is 0.207. The molecule has 0 aliphatic heterocycles. The quantitative estimate of drug-likeness (QED) is 0.144. The summed E-state index contributed by atoms with van der Waals surface area (Å²) >= 11 is 0. The van der Waals surface area contributed by atoms with Crippen LogP contribution in [0.15, 0.2) is 66.4 Å². The Morgan fingerprint density at radius 2 is 1.31 bits per heavy atom. The van der Waals surface area contributed by atoms with E-state index in [1.165, 1.54) is 0 Å². The molecule has 0 aromatic heterocycles. The van der Waals surface area contributed by atoms with E-state index in [0.717, 1.165) is 16.7 Å². The van der Waals surface area contributed by atoms with Gasteiger partial charge in [0.2, 0.25) is 11.5 Å². The van der Waals surface area contributed by atoms with Gasteiger partial charge in [0.25, 0.3) is 0 Å². The van der Waals surface area contributed by atoms with Crippen molar-refractivity contribution in [2.75, 3.05) is 35.0 Å². The highest BCUT2D eigenvalue weighted by Gasteiger charge is 2.17. The number of hydrogen-bond acceptors (Lipinski definition) is 7. The summed E-state index contributed by atoms with van der Waals surface area (Å²) in [6.07, 6.45) is 5.44. The molecule has 0 spiro atoms. The zero-order valence-electron chi connectivity index (χ0n) is 21.1. The van der Waals surface area contributed by atoms with Gasteiger partial charge in [0.1, 0.15) is 0 Å². The maximum Gasteiger partial charge on any atom is 0.374 e. The lowest BCUT2D eigenvalue weighted by atomic mass is 10.1. The van der Waals surface area contributed by atoms with Gasteiger partial charge in [-0.2, -0.15) is 0 Å². The summed E-state index contributed by atoms with van der Waals surface area (Å²) in [5, 5.41) is 0. The largest absolute Gasteiger partial charge is 0.493 e. The van der Waals surface area contributed by atoms with E-state index in [1.807, 2.05) is 60.7 Å². The SMILES string of the molecule is CCOC(=O)C(=Cc1ccccc1)Oc1cc(/C=C\c2cc(OC)c(OC)c(OC)c2)ccc1OC. The first-order valence-corrected chi connectivity index (χ1v) is 11.3. The van der Waals surface area contributed by atoms with Gasteiger partial charge in [0.15, 0.2) is 23.0 Å². The summed E-state index contributed by atoms with van der Waals surface area (Å²) in [5.74, 6) is 1.96. The Bertz CT molecular complexity index is 1200. The molecule has 0 amide bonds. The van der Waals surface area contributed by atoms with Crippen molar-refractivity contribution in [2.45, 2.75) is 6.92 Å². The first-order valence-electron chi connectivity index (χ1n) is 11.3. The molecule has 3 rings (SSSR count). The molecule has 0 aliphatic carbocycles. The van der Waals surface area contributed by atoms with Gasteiger partial charge in [-0.1, -0.05) is 48.6 Å². The van der Waals surface area contributed by atoms with Crippen LogP contribution in [0, 0.1) is 0 Å². The van der Waals surface area contributed by atoms with E-state index in [-0.39, 0.29) is 12.4 Å².